The van der Waals surface area contributed by atoms with E-state index in [0.29, 0.717) is 24.5 Å². The van der Waals surface area contributed by atoms with Gasteiger partial charge in [-0.05, 0) is 19.2 Å². The predicted octanol–water partition coefficient (Wildman–Crippen LogP) is 0.665. The standard InChI is InChI=1S/C21H30N4O5/c1-24-8-10-25(11-9-24)20(27)13-17-6-7-18(19(14-26)30-17)23-21(28)22-15-4-3-5-16(12-15)29-2/h3-7,12,17-19,26H,8-11,13-14H2,1-2H3,(H2,22,23,28)/t17-,18-,19-/m1/s1. The van der Waals surface area contributed by atoms with Crippen LogP contribution in [-0.2, 0) is 9.53 Å². The first-order chi connectivity index (χ1) is 14.5. The fourth-order valence-electron chi connectivity index (χ4n) is 3.51. The van der Waals surface area contributed by atoms with Crippen molar-refractivity contribution in [2.45, 2.75) is 24.7 Å². The maximum Gasteiger partial charge on any atom is 0.319 e. The Balaban J connectivity index is 1.52. The lowest BCUT2D eigenvalue weighted by atomic mass is 10.0. The van der Waals surface area contributed by atoms with Gasteiger partial charge in [0, 0.05) is 37.9 Å². The third-order valence-corrected chi connectivity index (χ3v) is 5.32. The molecule has 9 heteroatoms. The molecule has 3 atom stereocenters. The number of likely N-dealkylation sites (N-methyl/N-ethyl adjacent to an activating group) is 1. The molecule has 1 aromatic rings. The first-order valence-electron chi connectivity index (χ1n) is 10.1. The molecule has 2 heterocycles. The molecule has 0 radical (unpaired) electrons. The van der Waals surface area contributed by atoms with Crippen molar-refractivity contribution < 1.29 is 24.2 Å². The molecule has 0 aromatic heterocycles. The lowest BCUT2D eigenvalue weighted by Gasteiger charge is -2.35. The molecule has 1 aromatic carbocycles. The van der Waals surface area contributed by atoms with Crippen LogP contribution in [0.25, 0.3) is 0 Å². The maximum atomic E-state index is 12.5. The molecule has 0 aliphatic carbocycles. The Morgan fingerprint density at radius 2 is 2.00 bits per heavy atom. The number of amides is 3. The van der Waals surface area contributed by atoms with Crippen molar-refractivity contribution in [2.75, 3.05) is 52.3 Å². The number of hydrogen-bond donors (Lipinski definition) is 3. The van der Waals surface area contributed by atoms with E-state index in [0.717, 1.165) is 13.1 Å². The molecule has 0 saturated carbocycles. The van der Waals surface area contributed by atoms with Crippen LogP contribution in [0.5, 0.6) is 5.75 Å². The van der Waals surface area contributed by atoms with Crippen LogP contribution in [0.15, 0.2) is 36.4 Å². The number of carbonyl (C=O) groups is 2. The summed E-state index contributed by atoms with van der Waals surface area (Å²) in [6, 6.07) is 6.08. The number of carbonyl (C=O) groups excluding carboxylic acids is 2. The summed E-state index contributed by atoms with van der Waals surface area (Å²) in [4.78, 5) is 28.9. The lowest BCUT2D eigenvalue weighted by molar-refractivity contribution is -0.137. The van der Waals surface area contributed by atoms with Crippen LogP contribution in [0.2, 0.25) is 0 Å². The third kappa shape index (κ3) is 5.94. The van der Waals surface area contributed by atoms with Gasteiger partial charge in [0.15, 0.2) is 0 Å². The van der Waals surface area contributed by atoms with Gasteiger partial charge in [0.2, 0.25) is 5.91 Å². The van der Waals surface area contributed by atoms with Gasteiger partial charge in [-0.1, -0.05) is 18.2 Å². The second-order valence-electron chi connectivity index (χ2n) is 7.52. The Morgan fingerprint density at radius 1 is 1.23 bits per heavy atom. The minimum Gasteiger partial charge on any atom is -0.497 e. The van der Waals surface area contributed by atoms with Gasteiger partial charge < -0.3 is 35.0 Å². The van der Waals surface area contributed by atoms with Crippen LogP contribution in [-0.4, -0.2) is 92.0 Å². The molecule has 3 N–H and O–H groups in total. The molecule has 2 aliphatic heterocycles. The number of benzene rings is 1. The molecular weight excluding hydrogens is 388 g/mol. The number of anilines is 1. The number of hydrogen-bond acceptors (Lipinski definition) is 6. The Morgan fingerprint density at radius 3 is 2.70 bits per heavy atom. The molecule has 164 valence electrons. The zero-order chi connectivity index (χ0) is 21.5. The van der Waals surface area contributed by atoms with Crippen LogP contribution in [0.3, 0.4) is 0 Å². The van der Waals surface area contributed by atoms with Crippen LogP contribution in [0, 0.1) is 0 Å². The average molecular weight is 418 g/mol. The van der Waals surface area contributed by atoms with Gasteiger partial charge in [0.1, 0.15) is 11.9 Å². The molecule has 0 spiro atoms. The number of urea groups is 1. The van der Waals surface area contributed by atoms with E-state index >= 15 is 0 Å². The van der Waals surface area contributed by atoms with Gasteiger partial charge in [-0.2, -0.15) is 0 Å². The number of nitrogens with zero attached hydrogens (tertiary/aromatic N) is 2. The smallest absolute Gasteiger partial charge is 0.319 e. The first kappa shape index (κ1) is 22.1. The first-order valence-corrected chi connectivity index (χ1v) is 10.1. The Bertz CT molecular complexity index is 764. The Labute approximate surface area is 176 Å². The summed E-state index contributed by atoms with van der Waals surface area (Å²) in [7, 11) is 3.60. The summed E-state index contributed by atoms with van der Waals surface area (Å²) >= 11 is 0. The minimum absolute atomic E-state index is 0.0385. The summed E-state index contributed by atoms with van der Waals surface area (Å²) < 4.78 is 11.0. The van der Waals surface area contributed by atoms with Crippen molar-refractivity contribution in [3.05, 3.63) is 36.4 Å². The SMILES string of the molecule is COc1cccc(NC(=O)N[C@@H]2C=C[C@H](CC(=O)N3CCN(C)CC3)O[C@@H]2CO)c1. The molecular formula is C21H30N4O5. The van der Waals surface area contributed by atoms with Crippen LogP contribution in [0.4, 0.5) is 10.5 Å². The zero-order valence-corrected chi connectivity index (χ0v) is 17.4. The van der Waals surface area contributed by atoms with Gasteiger partial charge >= 0.3 is 6.03 Å². The summed E-state index contributed by atoms with van der Waals surface area (Å²) in [5, 5.41) is 15.2. The van der Waals surface area contributed by atoms with Crippen molar-refractivity contribution in [1.29, 1.82) is 0 Å². The number of piperazine rings is 1. The average Bonchev–Trinajstić information content (AvgIpc) is 2.75. The lowest BCUT2D eigenvalue weighted by Crippen LogP contribution is -2.51. The molecule has 9 nitrogen and oxygen atoms in total. The van der Waals surface area contributed by atoms with E-state index in [1.54, 1.807) is 43.5 Å². The summed E-state index contributed by atoms with van der Waals surface area (Å²) in [5.41, 5.74) is 0.587. The molecule has 0 unspecified atom stereocenters. The monoisotopic (exact) mass is 418 g/mol. The van der Waals surface area contributed by atoms with E-state index in [9.17, 15) is 14.7 Å². The molecule has 3 amide bonds. The summed E-state index contributed by atoms with van der Waals surface area (Å²) in [6.45, 7) is 2.88. The highest BCUT2D eigenvalue weighted by molar-refractivity contribution is 5.89. The maximum absolute atomic E-state index is 12.5. The predicted molar refractivity (Wildman–Crippen MR) is 113 cm³/mol. The van der Waals surface area contributed by atoms with Crippen LogP contribution >= 0.6 is 0 Å². The van der Waals surface area contributed by atoms with Gasteiger partial charge in [-0.25, -0.2) is 4.79 Å². The Kier molecular flexibility index (Phi) is 7.67. The van der Waals surface area contributed by atoms with Gasteiger partial charge in [0.05, 0.1) is 32.3 Å². The minimum atomic E-state index is -0.628. The molecule has 0 bridgehead atoms. The zero-order valence-electron chi connectivity index (χ0n) is 17.4. The second kappa shape index (κ2) is 10.4. The highest BCUT2D eigenvalue weighted by Crippen LogP contribution is 2.19. The molecule has 2 aliphatic rings. The molecule has 1 saturated heterocycles. The van der Waals surface area contributed by atoms with Crippen LogP contribution < -0.4 is 15.4 Å². The normalized spacial score (nSPS) is 24.4. The van der Waals surface area contributed by atoms with Crippen molar-refractivity contribution in [2.24, 2.45) is 0 Å². The number of aliphatic hydroxyl groups excluding tert-OH is 1. The summed E-state index contributed by atoms with van der Waals surface area (Å²) in [5.74, 6) is 0.673. The van der Waals surface area contributed by atoms with Crippen molar-refractivity contribution in [3.63, 3.8) is 0 Å². The molecule has 1 fully saturated rings. The second-order valence-corrected chi connectivity index (χ2v) is 7.52. The fraction of sp³-hybridized carbons (Fsp3) is 0.524. The van der Waals surface area contributed by atoms with E-state index in [-0.39, 0.29) is 18.9 Å². The van der Waals surface area contributed by atoms with E-state index in [1.807, 2.05) is 11.9 Å². The third-order valence-electron chi connectivity index (χ3n) is 5.32. The van der Waals surface area contributed by atoms with Crippen molar-refractivity contribution in [3.8, 4) is 5.75 Å². The number of rotatable bonds is 6. The highest BCUT2D eigenvalue weighted by Gasteiger charge is 2.30. The number of nitrogens with one attached hydrogen (secondary N) is 2. The number of methoxy groups -OCH3 is 1. The largest absolute Gasteiger partial charge is 0.497 e. The number of aliphatic hydroxyl groups is 1. The Hall–Kier alpha value is -2.62. The highest BCUT2D eigenvalue weighted by atomic mass is 16.5. The van der Waals surface area contributed by atoms with Gasteiger partial charge in [0.25, 0.3) is 0 Å². The summed E-state index contributed by atoms with van der Waals surface area (Å²) in [6.07, 6.45) is 2.72. The van der Waals surface area contributed by atoms with Gasteiger partial charge in [-0.15, -0.1) is 0 Å². The quantitative estimate of drug-likeness (QED) is 0.587. The van der Waals surface area contributed by atoms with E-state index < -0.39 is 24.3 Å². The number of ether oxygens (including phenoxy) is 2. The van der Waals surface area contributed by atoms with E-state index in [1.165, 1.54) is 0 Å². The van der Waals surface area contributed by atoms with Crippen LogP contribution in [0.1, 0.15) is 6.42 Å². The fourth-order valence-corrected chi connectivity index (χ4v) is 3.51. The van der Waals surface area contributed by atoms with Crippen molar-refractivity contribution in [1.82, 2.24) is 15.1 Å². The van der Waals surface area contributed by atoms with E-state index in [2.05, 4.69) is 15.5 Å². The van der Waals surface area contributed by atoms with Crippen molar-refractivity contribution >= 4 is 17.6 Å². The molecule has 3 rings (SSSR count). The molecule has 30 heavy (non-hydrogen) atoms. The van der Waals surface area contributed by atoms with E-state index in [4.69, 9.17) is 9.47 Å². The van der Waals surface area contributed by atoms with Gasteiger partial charge in [-0.3, -0.25) is 4.79 Å². The topological polar surface area (TPSA) is 103 Å².